The quantitative estimate of drug-likeness (QED) is 0.691. The predicted molar refractivity (Wildman–Crippen MR) is 82.6 cm³/mol. The van der Waals surface area contributed by atoms with E-state index in [2.05, 4.69) is 12.7 Å². The van der Waals surface area contributed by atoms with E-state index in [0.717, 1.165) is 43.4 Å². The Hall–Kier alpha value is -0.790. The van der Waals surface area contributed by atoms with E-state index in [1.165, 1.54) is 44.9 Å². The van der Waals surface area contributed by atoms with Crippen molar-refractivity contribution < 1.29 is 9.90 Å². The van der Waals surface area contributed by atoms with Crippen LogP contribution >= 0.6 is 0 Å². The molecule has 0 atom stereocenters. The van der Waals surface area contributed by atoms with E-state index in [9.17, 15) is 4.79 Å². The van der Waals surface area contributed by atoms with Crippen LogP contribution in [0.4, 0.5) is 0 Å². The lowest BCUT2D eigenvalue weighted by atomic mass is 9.75. The molecule has 0 aliphatic heterocycles. The zero-order valence-electron chi connectivity index (χ0n) is 12.7. The van der Waals surface area contributed by atoms with Crippen molar-refractivity contribution >= 4 is 5.97 Å². The van der Waals surface area contributed by atoms with Crippen molar-refractivity contribution in [1.82, 2.24) is 0 Å². The zero-order valence-corrected chi connectivity index (χ0v) is 12.7. The van der Waals surface area contributed by atoms with Gasteiger partial charge in [-0.2, -0.15) is 0 Å². The summed E-state index contributed by atoms with van der Waals surface area (Å²) >= 11 is 0. The van der Waals surface area contributed by atoms with Crippen molar-refractivity contribution in [1.29, 1.82) is 0 Å². The molecule has 2 rings (SSSR count). The summed E-state index contributed by atoms with van der Waals surface area (Å²) in [7, 11) is 0. The monoisotopic (exact) mass is 278 g/mol. The van der Waals surface area contributed by atoms with E-state index in [-0.39, 0.29) is 5.92 Å². The van der Waals surface area contributed by atoms with E-state index >= 15 is 0 Å². The molecule has 0 radical (unpaired) electrons. The minimum absolute atomic E-state index is 0.0550. The first kappa shape index (κ1) is 15.6. The minimum atomic E-state index is -0.580. The van der Waals surface area contributed by atoms with Crippen LogP contribution in [0.2, 0.25) is 0 Å². The Morgan fingerprint density at radius 3 is 1.80 bits per heavy atom. The second-order valence-electron chi connectivity index (χ2n) is 7.04. The van der Waals surface area contributed by atoms with Crippen molar-refractivity contribution in [2.45, 2.75) is 70.6 Å². The van der Waals surface area contributed by atoms with Crippen molar-refractivity contribution in [3.63, 3.8) is 0 Å². The van der Waals surface area contributed by atoms with E-state index in [0.29, 0.717) is 0 Å². The fourth-order valence-electron chi connectivity index (χ4n) is 4.16. The summed E-state index contributed by atoms with van der Waals surface area (Å²) in [4.78, 5) is 10.9. The van der Waals surface area contributed by atoms with E-state index in [4.69, 9.17) is 5.11 Å². The van der Waals surface area contributed by atoms with Gasteiger partial charge in [0.2, 0.25) is 0 Å². The topological polar surface area (TPSA) is 37.3 Å². The van der Waals surface area contributed by atoms with Gasteiger partial charge in [-0.15, -0.1) is 6.58 Å². The molecule has 0 aromatic carbocycles. The Morgan fingerprint density at radius 1 is 0.900 bits per heavy atom. The van der Waals surface area contributed by atoms with E-state index in [1.54, 1.807) is 0 Å². The Kier molecular flexibility index (Phi) is 6.12. The van der Waals surface area contributed by atoms with Crippen LogP contribution in [0.3, 0.4) is 0 Å². The summed E-state index contributed by atoms with van der Waals surface area (Å²) in [5, 5.41) is 9.02. The lowest BCUT2D eigenvalue weighted by molar-refractivity contribution is -0.143. The molecule has 2 aliphatic carbocycles. The summed E-state index contributed by atoms with van der Waals surface area (Å²) in [6.45, 7) is 3.85. The van der Waals surface area contributed by atoms with Crippen LogP contribution in [0.25, 0.3) is 0 Å². The molecule has 0 bridgehead atoms. The molecule has 0 unspecified atom stereocenters. The van der Waals surface area contributed by atoms with E-state index in [1.807, 2.05) is 0 Å². The third-order valence-corrected chi connectivity index (χ3v) is 5.65. The third-order valence-electron chi connectivity index (χ3n) is 5.65. The summed E-state index contributed by atoms with van der Waals surface area (Å²) in [5.74, 6) is 2.00. The Labute approximate surface area is 123 Å². The predicted octanol–water partition coefficient (Wildman–Crippen LogP) is 5.04. The van der Waals surface area contributed by atoms with Gasteiger partial charge in [-0.1, -0.05) is 31.8 Å². The Bertz CT molecular complexity index is 307. The third kappa shape index (κ3) is 4.64. The van der Waals surface area contributed by atoms with Gasteiger partial charge in [0, 0.05) is 0 Å². The molecule has 114 valence electrons. The van der Waals surface area contributed by atoms with Crippen molar-refractivity contribution in [3.8, 4) is 0 Å². The normalized spacial score (nSPS) is 34.6. The highest BCUT2D eigenvalue weighted by Crippen LogP contribution is 2.37. The van der Waals surface area contributed by atoms with Gasteiger partial charge in [0.15, 0.2) is 0 Å². The SMILES string of the molecule is C=CCC1CCC(CCC2CCC(C(=O)O)CC2)CC1. The van der Waals surface area contributed by atoms with Crippen molar-refractivity contribution in [3.05, 3.63) is 12.7 Å². The summed E-state index contributed by atoms with van der Waals surface area (Å²) in [5.41, 5.74) is 0. The van der Waals surface area contributed by atoms with Gasteiger partial charge in [0.25, 0.3) is 0 Å². The minimum Gasteiger partial charge on any atom is -0.481 e. The number of carboxylic acid groups (broad SMARTS) is 1. The summed E-state index contributed by atoms with van der Waals surface area (Å²) < 4.78 is 0. The number of allylic oxidation sites excluding steroid dienone is 1. The molecular weight excluding hydrogens is 248 g/mol. The maximum Gasteiger partial charge on any atom is 0.306 e. The number of hydrogen-bond donors (Lipinski definition) is 1. The molecule has 0 heterocycles. The van der Waals surface area contributed by atoms with Gasteiger partial charge in [-0.3, -0.25) is 4.79 Å². The molecule has 0 aromatic heterocycles. The van der Waals surface area contributed by atoms with Gasteiger partial charge in [-0.05, 0) is 62.7 Å². The van der Waals surface area contributed by atoms with Crippen LogP contribution in [0.15, 0.2) is 12.7 Å². The van der Waals surface area contributed by atoms with Crippen LogP contribution in [0, 0.1) is 23.7 Å². The molecule has 20 heavy (non-hydrogen) atoms. The maximum atomic E-state index is 10.9. The van der Waals surface area contributed by atoms with Crippen LogP contribution in [0.5, 0.6) is 0 Å². The van der Waals surface area contributed by atoms with Crippen LogP contribution in [-0.2, 0) is 4.79 Å². The number of aliphatic carboxylic acids is 1. The molecule has 2 aliphatic rings. The first-order valence-electron chi connectivity index (χ1n) is 8.52. The van der Waals surface area contributed by atoms with Crippen molar-refractivity contribution in [2.75, 3.05) is 0 Å². The smallest absolute Gasteiger partial charge is 0.306 e. The molecule has 2 heteroatoms. The second kappa shape index (κ2) is 7.85. The number of hydrogen-bond acceptors (Lipinski definition) is 1. The summed E-state index contributed by atoms with van der Waals surface area (Å²) in [6, 6.07) is 0. The van der Waals surface area contributed by atoms with E-state index < -0.39 is 5.97 Å². The molecule has 0 amide bonds. The molecule has 0 aromatic rings. The first-order valence-corrected chi connectivity index (χ1v) is 8.52. The lowest BCUT2D eigenvalue weighted by Crippen LogP contribution is -2.22. The molecule has 0 saturated heterocycles. The number of carboxylic acids is 1. The van der Waals surface area contributed by atoms with Crippen molar-refractivity contribution in [2.24, 2.45) is 23.7 Å². The van der Waals surface area contributed by atoms with Crippen LogP contribution in [0.1, 0.15) is 70.6 Å². The maximum absolute atomic E-state index is 10.9. The molecule has 2 fully saturated rings. The lowest BCUT2D eigenvalue weighted by Gasteiger charge is -2.30. The second-order valence-corrected chi connectivity index (χ2v) is 7.04. The standard InChI is InChI=1S/C18H30O2/c1-2-3-14-4-6-15(7-5-14)8-9-16-10-12-17(13-11-16)18(19)20/h2,14-17H,1,3-13H2,(H,19,20). The first-order chi connectivity index (χ1) is 9.69. The molecule has 1 N–H and O–H groups in total. The largest absolute Gasteiger partial charge is 0.481 e. The van der Waals surface area contributed by atoms with Gasteiger partial charge in [0.1, 0.15) is 0 Å². The fraction of sp³-hybridized carbons (Fsp3) is 0.833. The molecule has 0 spiro atoms. The van der Waals surface area contributed by atoms with Crippen LogP contribution < -0.4 is 0 Å². The highest BCUT2D eigenvalue weighted by molar-refractivity contribution is 5.69. The average Bonchev–Trinajstić information content (AvgIpc) is 2.47. The Balaban J connectivity index is 1.60. The highest BCUT2D eigenvalue weighted by atomic mass is 16.4. The zero-order chi connectivity index (χ0) is 14.4. The Morgan fingerprint density at radius 2 is 1.35 bits per heavy atom. The van der Waals surface area contributed by atoms with Gasteiger partial charge >= 0.3 is 5.97 Å². The fourth-order valence-corrected chi connectivity index (χ4v) is 4.16. The number of carbonyl (C=O) groups is 1. The molecule has 2 nitrogen and oxygen atoms in total. The van der Waals surface area contributed by atoms with Gasteiger partial charge in [-0.25, -0.2) is 0 Å². The highest BCUT2D eigenvalue weighted by Gasteiger charge is 2.27. The van der Waals surface area contributed by atoms with Crippen LogP contribution in [-0.4, -0.2) is 11.1 Å². The van der Waals surface area contributed by atoms with Gasteiger partial charge < -0.3 is 5.11 Å². The average molecular weight is 278 g/mol. The van der Waals surface area contributed by atoms with Gasteiger partial charge in [0.05, 0.1) is 5.92 Å². The number of rotatable bonds is 6. The summed E-state index contributed by atoms with van der Waals surface area (Å²) in [6.07, 6.45) is 15.7. The molecule has 2 saturated carbocycles. The molecular formula is C18H30O2.